The minimum Gasteiger partial charge on any atom is -0.324 e. The zero-order chi connectivity index (χ0) is 13.1. The molecule has 0 atom stereocenters. The first-order chi connectivity index (χ1) is 8.60. The fourth-order valence-electron chi connectivity index (χ4n) is 1.63. The summed E-state index contributed by atoms with van der Waals surface area (Å²) in [6.45, 7) is 1.87. The lowest BCUT2D eigenvalue weighted by atomic mass is 10.2. The highest BCUT2D eigenvalue weighted by Gasteiger charge is 2.09. The average molecular weight is 245 g/mol. The summed E-state index contributed by atoms with van der Waals surface area (Å²) < 4.78 is 1.63. The fraction of sp³-hybridized carbons (Fsp3) is 0.167. The highest BCUT2D eigenvalue weighted by molar-refractivity contribution is 6.04. The Morgan fingerprint density at radius 3 is 2.50 bits per heavy atom. The van der Waals surface area contributed by atoms with E-state index >= 15 is 0 Å². The number of nitrogens with two attached hydrogens (primary N) is 1. The number of hydrazine groups is 1. The molecular weight excluding hydrogens is 230 g/mol. The molecule has 0 fully saturated rings. The molecular formula is C12H15N5O. The SMILES string of the molecule is Cc1cc(NC(=O)c2ccc(NN)cc2)n(C)n1. The van der Waals surface area contributed by atoms with Crippen LogP contribution in [-0.2, 0) is 7.05 Å². The summed E-state index contributed by atoms with van der Waals surface area (Å²) in [5.41, 5.74) is 4.68. The van der Waals surface area contributed by atoms with Crippen LogP contribution in [0.25, 0.3) is 0 Å². The van der Waals surface area contributed by atoms with Crippen molar-refractivity contribution in [2.24, 2.45) is 12.9 Å². The number of nitrogen functional groups attached to an aromatic ring is 1. The van der Waals surface area contributed by atoms with Crippen LogP contribution in [0.5, 0.6) is 0 Å². The number of benzene rings is 1. The minimum atomic E-state index is -0.179. The third-order valence-electron chi connectivity index (χ3n) is 2.56. The number of carbonyl (C=O) groups is 1. The molecule has 0 unspecified atom stereocenters. The Kier molecular flexibility index (Phi) is 3.29. The van der Waals surface area contributed by atoms with Gasteiger partial charge in [0.05, 0.1) is 5.69 Å². The lowest BCUT2D eigenvalue weighted by molar-refractivity contribution is 0.102. The maximum absolute atomic E-state index is 12.0. The van der Waals surface area contributed by atoms with Gasteiger partial charge in [0.1, 0.15) is 5.82 Å². The Labute approximate surface area is 105 Å². The van der Waals surface area contributed by atoms with E-state index in [2.05, 4.69) is 15.8 Å². The summed E-state index contributed by atoms with van der Waals surface area (Å²) >= 11 is 0. The summed E-state index contributed by atoms with van der Waals surface area (Å²) in [5.74, 6) is 5.75. The quantitative estimate of drug-likeness (QED) is 0.561. The van der Waals surface area contributed by atoms with Gasteiger partial charge in [-0.25, -0.2) is 0 Å². The molecule has 6 heteroatoms. The van der Waals surface area contributed by atoms with Crippen LogP contribution in [0.2, 0.25) is 0 Å². The number of hydrogen-bond acceptors (Lipinski definition) is 4. The van der Waals surface area contributed by atoms with Gasteiger partial charge in [-0.15, -0.1) is 0 Å². The second kappa shape index (κ2) is 4.89. The van der Waals surface area contributed by atoms with Crippen LogP contribution in [0.15, 0.2) is 30.3 Å². The zero-order valence-corrected chi connectivity index (χ0v) is 10.3. The third-order valence-corrected chi connectivity index (χ3v) is 2.56. The smallest absolute Gasteiger partial charge is 0.256 e. The second-order valence-corrected chi connectivity index (χ2v) is 3.97. The summed E-state index contributed by atoms with van der Waals surface area (Å²) in [6.07, 6.45) is 0. The van der Waals surface area contributed by atoms with Crippen LogP contribution in [0.1, 0.15) is 16.1 Å². The van der Waals surface area contributed by atoms with Crippen molar-refractivity contribution in [3.8, 4) is 0 Å². The van der Waals surface area contributed by atoms with Gasteiger partial charge in [0.15, 0.2) is 0 Å². The number of hydrogen-bond donors (Lipinski definition) is 3. The third kappa shape index (κ3) is 2.49. The molecule has 1 heterocycles. The van der Waals surface area contributed by atoms with Gasteiger partial charge < -0.3 is 10.7 Å². The summed E-state index contributed by atoms with van der Waals surface area (Å²) in [6, 6.07) is 8.70. The molecule has 2 aromatic rings. The summed E-state index contributed by atoms with van der Waals surface area (Å²) in [7, 11) is 1.78. The molecule has 94 valence electrons. The maximum Gasteiger partial charge on any atom is 0.256 e. The van der Waals surface area contributed by atoms with Crippen molar-refractivity contribution in [3.63, 3.8) is 0 Å². The zero-order valence-electron chi connectivity index (χ0n) is 10.3. The monoisotopic (exact) mass is 245 g/mol. The molecule has 1 amide bonds. The van der Waals surface area contributed by atoms with Gasteiger partial charge in [-0.2, -0.15) is 5.10 Å². The molecule has 1 aromatic carbocycles. The van der Waals surface area contributed by atoms with Gasteiger partial charge in [0, 0.05) is 24.4 Å². The van der Waals surface area contributed by atoms with Gasteiger partial charge in [0.25, 0.3) is 5.91 Å². The van der Waals surface area contributed by atoms with Crippen molar-refractivity contribution in [1.29, 1.82) is 0 Å². The van der Waals surface area contributed by atoms with Crippen LogP contribution >= 0.6 is 0 Å². The van der Waals surface area contributed by atoms with Gasteiger partial charge in [-0.1, -0.05) is 0 Å². The first-order valence-corrected chi connectivity index (χ1v) is 5.49. The number of carbonyl (C=O) groups excluding carboxylic acids is 1. The van der Waals surface area contributed by atoms with Crippen molar-refractivity contribution < 1.29 is 4.79 Å². The number of nitrogens with zero attached hydrogens (tertiary/aromatic N) is 2. The van der Waals surface area contributed by atoms with E-state index in [9.17, 15) is 4.79 Å². The van der Waals surface area contributed by atoms with Crippen molar-refractivity contribution in [1.82, 2.24) is 9.78 Å². The number of rotatable bonds is 3. The van der Waals surface area contributed by atoms with E-state index < -0.39 is 0 Å². The number of amides is 1. The minimum absolute atomic E-state index is 0.179. The topological polar surface area (TPSA) is 85.0 Å². The van der Waals surface area contributed by atoms with E-state index in [0.29, 0.717) is 11.4 Å². The Balaban J connectivity index is 2.14. The Hall–Kier alpha value is -2.34. The molecule has 0 saturated heterocycles. The van der Waals surface area contributed by atoms with Crippen LogP contribution in [-0.4, -0.2) is 15.7 Å². The molecule has 0 spiro atoms. The number of anilines is 2. The van der Waals surface area contributed by atoms with Crippen LogP contribution < -0.4 is 16.6 Å². The van der Waals surface area contributed by atoms with Crippen LogP contribution in [0.3, 0.4) is 0 Å². The van der Waals surface area contributed by atoms with E-state index in [0.717, 1.165) is 11.4 Å². The lowest BCUT2D eigenvalue weighted by Crippen LogP contribution is -2.14. The van der Waals surface area contributed by atoms with E-state index in [1.165, 1.54) is 0 Å². The van der Waals surface area contributed by atoms with E-state index in [1.54, 1.807) is 36.0 Å². The molecule has 1 aromatic heterocycles. The molecule has 4 N–H and O–H groups in total. The van der Waals surface area contributed by atoms with Gasteiger partial charge in [-0.3, -0.25) is 15.3 Å². The molecule has 0 saturated carbocycles. The number of nitrogens with one attached hydrogen (secondary N) is 2. The standard InChI is InChI=1S/C12H15N5O/c1-8-7-11(17(2)16-8)14-12(18)9-3-5-10(15-13)6-4-9/h3-7,15H,13H2,1-2H3,(H,14,18). The molecule has 0 bridgehead atoms. The summed E-state index contributed by atoms with van der Waals surface area (Å²) in [4.78, 5) is 12.0. The Bertz CT molecular complexity index is 558. The normalized spacial score (nSPS) is 10.2. The van der Waals surface area contributed by atoms with Gasteiger partial charge in [-0.05, 0) is 31.2 Å². The van der Waals surface area contributed by atoms with Crippen molar-refractivity contribution in [2.45, 2.75) is 6.92 Å². The molecule has 0 aliphatic rings. The van der Waals surface area contributed by atoms with Crippen molar-refractivity contribution in [3.05, 3.63) is 41.6 Å². The van der Waals surface area contributed by atoms with Crippen molar-refractivity contribution in [2.75, 3.05) is 10.7 Å². The van der Waals surface area contributed by atoms with Crippen molar-refractivity contribution >= 4 is 17.4 Å². The molecule has 18 heavy (non-hydrogen) atoms. The van der Waals surface area contributed by atoms with E-state index in [4.69, 9.17) is 5.84 Å². The van der Waals surface area contributed by atoms with Crippen LogP contribution in [0, 0.1) is 6.92 Å². The molecule has 6 nitrogen and oxygen atoms in total. The molecule has 0 aliphatic heterocycles. The highest BCUT2D eigenvalue weighted by atomic mass is 16.1. The number of aryl methyl sites for hydroxylation is 2. The van der Waals surface area contributed by atoms with Crippen LogP contribution in [0.4, 0.5) is 11.5 Å². The predicted molar refractivity (Wildman–Crippen MR) is 70.2 cm³/mol. The first-order valence-electron chi connectivity index (χ1n) is 5.49. The van der Waals surface area contributed by atoms with Gasteiger partial charge >= 0.3 is 0 Å². The summed E-state index contributed by atoms with van der Waals surface area (Å²) in [5, 5.41) is 6.96. The highest BCUT2D eigenvalue weighted by Crippen LogP contribution is 2.12. The molecule has 0 radical (unpaired) electrons. The Morgan fingerprint density at radius 1 is 1.33 bits per heavy atom. The molecule has 2 rings (SSSR count). The largest absolute Gasteiger partial charge is 0.324 e. The number of aromatic nitrogens is 2. The van der Waals surface area contributed by atoms with E-state index in [-0.39, 0.29) is 5.91 Å². The fourth-order valence-corrected chi connectivity index (χ4v) is 1.63. The van der Waals surface area contributed by atoms with E-state index in [1.807, 2.05) is 13.0 Å². The maximum atomic E-state index is 12.0. The average Bonchev–Trinajstić information content (AvgIpc) is 2.68. The second-order valence-electron chi connectivity index (χ2n) is 3.97. The predicted octanol–water partition coefficient (Wildman–Crippen LogP) is 1.27. The Morgan fingerprint density at radius 2 is 2.00 bits per heavy atom. The van der Waals surface area contributed by atoms with Gasteiger partial charge in [0.2, 0.25) is 0 Å². The molecule has 0 aliphatic carbocycles. The lowest BCUT2D eigenvalue weighted by Gasteiger charge is -2.06. The first kappa shape index (κ1) is 12.1.